The molecule has 7 nitrogen and oxygen atoms in total. The van der Waals surface area contributed by atoms with Gasteiger partial charge in [0.25, 0.3) is 0 Å². The second kappa shape index (κ2) is 8.94. The number of piperidine rings is 1. The molecule has 1 atom stereocenters. The molecule has 0 aliphatic carbocycles. The average molecular weight is 407 g/mol. The Balaban J connectivity index is 1.53. The Kier molecular flexibility index (Phi) is 6.59. The zero-order valence-corrected chi connectivity index (χ0v) is 17.0. The molecule has 1 fully saturated rings. The predicted molar refractivity (Wildman–Crippen MR) is 109 cm³/mol. The second-order valence-electron chi connectivity index (χ2n) is 7.59. The van der Waals surface area contributed by atoms with Crippen LogP contribution in [0.25, 0.3) is 0 Å². The number of carbonyl (C=O) groups is 1. The third-order valence-electron chi connectivity index (χ3n) is 4.73. The van der Waals surface area contributed by atoms with E-state index in [1.54, 1.807) is 41.2 Å². The largest absolute Gasteiger partial charge is 0.490 e. The summed E-state index contributed by atoms with van der Waals surface area (Å²) in [5.74, 6) is 1.18. The molecule has 152 valence electrons. The Morgan fingerprint density at radius 1 is 1.43 bits per heavy atom. The molecule has 0 bridgehead atoms. The van der Waals surface area contributed by atoms with Crippen LogP contribution in [0.1, 0.15) is 32.7 Å². The van der Waals surface area contributed by atoms with Crippen LogP contribution < -0.4 is 10.1 Å². The highest BCUT2D eigenvalue weighted by Crippen LogP contribution is 2.24. The first-order valence-corrected chi connectivity index (χ1v) is 9.89. The Bertz CT molecular complexity index is 810. The molecule has 8 heteroatoms. The highest BCUT2D eigenvalue weighted by molar-refractivity contribution is 6.30. The van der Waals surface area contributed by atoms with Gasteiger partial charge in [0.1, 0.15) is 23.8 Å². The Hall–Kier alpha value is -2.09. The van der Waals surface area contributed by atoms with Crippen LogP contribution >= 0.6 is 11.6 Å². The van der Waals surface area contributed by atoms with E-state index in [1.165, 1.54) is 0 Å². The predicted octanol–water partition coefficient (Wildman–Crippen LogP) is 2.96. The van der Waals surface area contributed by atoms with Gasteiger partial charge in [0.2, 0.25) is 5.91 Å². The highest BCUT2D eigenvalue weighted by atomic mass is 35.5. The smallest absolute Gasteiger partial charge is 0.239 e. The number of halogens is 1. The van der Waals surface area contributed by atoms with Gasteiger partial charge in [0.05, 0.1) is 12.7 Å². The first kappa shape index (κ1) is 20.6. The lowest BCUT2D eigenvalue weighted by molar-refractivity contribution is -0.120. The van der Waals surface area contributed by atoms with E-state index in [0.29, 0.717) is 29.6 Å². The maximum Gasteiger partial charge on any atom is 0.239 e. The van der Waals surface area contributed by atoms with Gasteiger partial charge in [-0.15, -0.1) is 0 Å². The molecule has 1 unspecified atom stereocenters. The number of hydrogen-bond acceptors (Lipinski definition) is 5. The van der Waals surface area contributed by atoms with Gasteiger partial charge >= 0.3 is 0 Å². The number of aliphatic hydroxyl groups is 1. The third-order valence-corrected chi connectivity index (χ3v) is 4.97. The van der Waals surface area contributed by atoms with Crippen molar-refractivity contribution in [3.63, 3.8) is 0 Å². The van der Waals surface area contributed by atoms with Crippen LogP contribution in [0.3, 0.4) is 0 Å². The number of likely N-dealkylation sites (tertiary alicyclic amines) is 1. The maximum absolute atomic E-state index is 12.5. The zero-order chi connectivity index (χ0) is 20.1. The molecular formula is C20H27ClN4O3. The van der Waals surface area contributed by atoms with Gasteiger partial charge in [-0.3, -0.25) is 9.69 Å². The zero-order valence-electron chi connectivity index (χ0n) is 16.3. The number of aromatic nitrogens is 2. The summed E-state index contributed by atoms with van der Waals surface area (Å²) in [7, 11) is 0. The minimum absolute atomic E-state index is 0.123. The van der Waals surface area contributed by atoms with Gasteiger partial charge in [-0.2, -0.15) is 5.10 Å². The molecule has 28 heavy (non-hydrogen) atoms. The summed E-state index contributed by atoms with van der Waals surface area (Å²) in [5, 5.41) is 18.6. The monoisotopic (exact) mass is 406 g/mol. The molecule has 2 aromatic rings. The number of β-amino-alcohol motifs (C(OH)–C–C–N with tert-alkyl or cyclic N) is 1. The molecule has 1 amide bonds. The lowest BCUT2D eigenvalue weighted by atomic mass is 9.93. The van der Waals surface area contributed by atoms with Crippen LogP contribution in [0.15, 0.2) is 36.5 Å². The molecule has 1 saturated heterocycles. The van der Waals surface area contributed by atoms with E-state index in [1.807, 2.05) is 18.7 Å². The van der Waals surface area contributed by atoms with Crippen molar-refractivity contribution in [1.82, 2.24) is 14.7 Å². The fourth-order valence-corrected chi connectivity index (χ4v) is 3.62. The fourth-order valence-electron chi connectivity index (χ4n) is 3.44. The molecule has 0 radical (unpaired) electrons. The number of carbonyl (C=O) groups excluding carboxylic acids is 1. The molecule has 1 aliphatic heterocycles. The van der Waals surface area contributed by atoms with E-state index in [-0.39, 0.29) is 25.1 Å². The normalized spacial score (nSPS) is 20.3. The standard InChI is InChI=1S/C20H27ClN4O3/c1-15(2)25-18(7-9-22-25)23-19(26)12-24-10-4-8-20(27,13-24)14-28-17-6-3-5-16(21)11-17/h3,5-7,9,11,15,27H,4,8,10,12-14H2,1-2H3,(H,23,26). The van der Waals surface area contributed by atoms with Crippen molar-refractivity contribution < 1.29 is 14.6 Å². The van der Waals surface area contributed by atoms with Crippen molar-refractivity contribution >= 4 is 23.3 Å². The minimum Gasteiger partial charge on any atom is -0.490 e. The lowest BCUT2D eigenvalue weighted by Crippen LogP contribution is -2.53. The van der Waals surface area contributed by atoms with Gasteiger partial charge in [-0.25, -0.2) is 4.68 Å². The van der Waals surface area contributed by atoms with Crippen LogP contribution in [-0.2, 0) is 4.79 Å². The van der Waals surface area contributed by atoms with Crippen molar-refractivity contribution in [2.75, 3.05) is 31.6 Å². The topological polar surface area (TPSA) is 79.6 Å². The first-order valence-electron chi connectivity index (χ1n) is 9.51. The molecule has 1 aromatic heterocycles. The number of hydrogen-bond donors (Lipinski definition) is 2. The number of nitrogens with one attached hydrogen (secondary N) is 1. The van der Waals surface area contributed by atoms with Gasteiger partial charge in [0.15, 0.2) is 0 Å². The number of amides is 1. The van der Waals surface area contributed by atoms with E-state index in [9.17, 15) is 9.90 Å². The van der Waals surface area contributed by atoms with Crippen molar-refractivity contribution in [3.05, 3.63) is 41.6 Å². The molecular weight excluding hydrogens is 380 g/mol. The summed E-state index contributed by atoms with van der Waals surface area (Å²) in [6.07, 6.45) is 3.10. The molecule has 1 aromatic carbocycles. The van der Waals surface area contributed by atoms with E-state index >= 15 is 0 Å². The summed E-state index contributed by atoms with van der Waals surface area (Å²) in [6.45, 7) is 5.52. The molecule has 2 N–H and O–H groups in total. The number of rotatable bonds is 7. The van der Waals surface area contributed by atoms with Gasteiger partial charge in [-0.1, -0.05) is 17.7 Å². The number of benzene rings is 1. The van der Waals surface area contributed by atoms with Gasteiger partial charge in [-0.05, 0) is 51.4 Å². The lowest BCUT2D eigenvalue weighted by Gasteiger charge is -2.38. The van der Waals surface area contributed by atoms with E-state index < -0.39 is 5.60 Å². The average Bonchev–Trinajstić information content (AvgIpc) is 3.08. The number of nitrogens with zero attached hydrogens (tertiary/aromatic N) is 3. The summed E-state index contributed by atoms with van der Waals surface area (Å²) in [4.78, 5) is 14.4. The maximum atomic E-state index is 12.5. The quantitative estimate of drug-likeness (QED) is 0.739. The minimum atomic E-state index is -0.999. The molecule has 3 rings (SSSR count). The Morgan fingerprint density at radius 2 is 2.25 bits per heavy atom. The van der Waals surface area contributed by atoms with Crippen molar-refractivity contribution in [2.24, 2.45) is 0 Å². The van der Waals surface area contributed by atoms with Crippen LogP contribution in [0.4, 0.5) is 5.82 Å². The van der Waals surface area contributed by atoms with Crippen molar-refractivity contribution in [1.29, 1.82) is 0 Å². The summed E-state index contributed by atoms with van der Waals surface area (Å²) >= 11 is 5.97. The van der Waals surface area contributed by atoms with Gasteiger partial charge in [0, 0.05) is 23.7 Å². The number of ether oxygens (including phenoxy) is 1. The van der Waals surface area contributed by atoms with E-state index in [2.05, 4.69) is 10.4 Å². The van der Waals surface area contributed by atoms with Crippen molar-refractivity contribution in [2.45, 2.75) is 38.3 Å². The summed E-state index contributed by atoms with van der Waals surface area (Å²) in [6, 6.07) is 9.05. The van der Waals surface area contributed by atoms with Crippen LogP contribution in [0.2, 0.25) is 5.02 Å². The summed E-state index contributed by atoms with van der Waals surface area (Å²) in [5.41, 5.74) is -0.999. The molecule has 1 aliphatic rings. The third kappa shape index (κ3) is 5.47. The molecule has 0 spiro atoms. The molecule has 2 heterocycles. The van der Waals surface area contributed by atoms with Gasteiger partial charge < -0.3 is 15.2 Å². The van der Waals surface area contributed by atoms with Crippen LogP contribution in [-0.4, -0.2) is 57.5 Å². The highest BCUT2D eigenvalue weighted by Gasteiger charge is 2.34. The Morgan fingerprint density at radius 3 is 3.00 bits per heavy atom. The second-order valence-corrected chi connectivity index (χ2v) is 8.02. The first-order chi connectivity index (χ1) is 13.3. The SMILES string of the molecule is CC(C)n1nccc1NC(=O)CN1CCCC(O)(COc2cccc(Cl)c2)C1. The van der Waals surface area contributed by atoms with Crippen LogP contribution in [0.5, 0.6) is 5.75 Å². The van der Waals surface area contributed by atoms with E-state index in [0.717, 1.165) is 13.0 Å². The molecule has 0 saturated carbocycles. The van der Waals surface area contributed by atoms with Crippen LogP contribution in [0, 0.1) is 0 Å². The van der Waals surface area contributed by atoms with Crippen molar-refractivity contribution in [3.8, 4) is 5.75 Å². The number of anilines is 1. The Labute approximate surface area is 170 Å². The summed E-state index contributed by atoms with van der Waals surface area (Å²) < 4.78 is 7.50. The fraction of sp³-hybridized carbons (Fsp3) is 0.500. The van der Waals surface area contributed by atoms with E-state index in [4.69, 9.17) is 16.3 Å².